The molecule has 2 bridgehead atoms. The van der Waals surface area contributed by atoms with Crippen LogP contribution in [0.5, 0.6) is 0 Å². The fourth-order valence-electron chi connectivity index (χ4n) is 6.73. The number of hydrogen-bond donors (Lipinski definition) is 0. The molecule has 150 valence electrons. The van der Waals surface area contributed by atoms with E-state index in [4.69, 9.17) is 9.47 Å². The standard InChI is InChI=1S/C24H30O4/c1-3-5-7-18-16-10-9-15-14-11-12-24(21(15)20(16)23(26)27-18)17(13-14)22(25)28-19(24)8-6-4-2/h7,13-15,19,21H,3-6,8-12H2,1-2H3/b18-7-/t14-,15+,19?,21-,24+/m1/s1. The third-order valence-electron chi connectivity index (χ3n) is 7.87. The summed E-state index contributed by atoms with van der Waals surface area (Å²) in [4.78, 5) is 25.8. The maximum atomic E-state index is 13.0. The summed E-state index contributed by atoms with van der Waals surface area (Å²) in [6, 6.07) is 0. The molecular weight excluding hydrogens is 352 g/mol. The van der Waals surface area contributed by atoms with Crippen LogP contribution in [0.3, 0.4) is 0 Å². The first-order valence-corrected chi connectivity index (χ1v) is 11.2. The number of allylic oxidation sites excluding steroid dienone is 3. The molecule has 0 aromatic rings. The Labute approximate surface area is 167 Å². The molecule has 28 heavy (non-hydrogen) atoms. The topological polar surface area (TPSA) is 52.6 Å². The SMILES string of the molecule is CCC/C=C1\OC(=O)C2=C1CC[C@H]1[C@H]3C=C4C(=O)OC(CCCC)[C@@]4(CC3)[C@@H]21. The molecule has 0 N–H and O–H groups in total. The molecule has 4 heteroatoms. The normalized spacial score (nSPS) is 39.5. The number of cyclic esters (lactones) is 2. The van der Waals surface area contributed by atoms with Gasteiger partial charge in [0.2, 0.25) is 0 Å². The van der Waals surface area contributed by atoms with Gasteiger partial charge in [-0.2, -0.15) is 0 Å². The molecule has 1 spiro atoms. The van der Waals surface area contributed by atoms with E-state index in [2.05, 4.69) is 26.0 Å². The Morgan fingerprint density at radius 2 is 2.04 bits per heavy atom. The molecule has 0 aromatic heterocycles. The van der Waals surface area contributed by atoms with E-state index < -0.39 is 0 Å². The van der Waals surface area contributed by atoms with Crippen LogP contribution in [0, 0.1) is 23.2 Å². The molecular formula is C24H30O4. The van der Waals surface area contributed by atoms with Crippen LogP contribution in [0.25, 0.3) is 0 Å². The lowest BCUT2D eigenvalue weighted by Crippen LogP contribution is -2.54. The Morgan fingerprint density at radius 3 is 2.82 bits per heavy atom. The number of carbonyl (C=O) groups is 2. The maximum Gasteiger partial charge on any atom is 0.340 e. The van der Waals surface area contributed by atoms with Crippen molar-refractivity contribution in [2.45, 2.75) is 77.7 Å². The van der Waals surface area contributed by atoms with E-state index in [1.165, 1.54) is 0 Å². The van der Waals surface area contributed by atoms with E-state index in [0.717, 1.165) is 80.3 Å². The molecule has 5 atom stereocenters. The first-order chi connectivity index (χ1) is 13.6. The number of rotatable bonds is 5. The van der Waals surface area contributed by atoms with Crippen LogP contribution in [0.2, 0.25) is 0 Å². The predicted octanol–water partition coefficient (Wildman–Crippen LogP) is 5.00. The zero-order chi connectivity index (χ0) is 19.5. The van der Waals surface area contributed by atoms with Gasteiger partial charge in [-0.1, -0.05) is 39.2 Å². The lowest BCUT2D eigenvalue weighted by atomic mass is 9.45. The van der Waals surface area contributed by atoms with Crippen molar-refractivity contribution in [3.63, 3.8) is 0 Å². The zero-order valence-corrected chi connectivity index (χ0v) is 17.0. The minimum Gasteiger partial charge on any atom is -0.458 e. The molecule has 4 nitrogen and oxygen atoms in total. The molecule has 1 saturated heterocycles. The van der Waals surface area contributed by atoms with E-state index in [9.17, 15) is 9.59 Å². The summed E-state index contributed by atoms with van der Waals surface area (Å²) in [6.07, 6.45) is 13.3. The highest BCUT2D eigenvalue weighted by Gasteiger charge is 2.67. The number of ether oxygens (including phenoxy) is 2. The summed E-state index contributed by atoms with van der Waals surface area (Å²) in [5.41, 5.74) is 2.56. The molecule has 1 saturated carbocycles. The molecule has 2 aliphatic heterocycles. The smallest absolute Gasteiger partial charge is 0.340 e. The fourth-order valence-corrected chi connectivity index (χ4v) is 6.73. The fraction of sp³-hybridized carbons (Fsp3) is 0.667. The van der Waals surface area contributed by atoms with Crippen LogP contribution in [-0.4, -0.2) is 18.0 Å². The van der Waals surface area contributed by atoms with Gasteiger partial charge in [-0.25, -0.2) is 9.59 Å². The molecule has 2 heterocycles. The van der Waals surface area contributed by atoms with Crippen molar-refractivity contribution in [1.82, 2.24) is 0 Å². The van der Waals surface area contributed by atoms with Gasteiger partial charge in [0.25, 0.3) is 0 Å². The molecule has 0 radical (unpaired) electrons. The van der Waals surface area contributed by atoms with Gasteiger partial charge in [0.15, 0.2) is 0 Å². The van der Waals surface area contributed by atoms with Gasteiger partial charge >= 0.3 is 11.9 Å². The highest BCUT2D eigenvalue weighted by atomic mass is 16.6. The van der Waals surface area contributed by atoms with Gasteiger partial charge in [0.05, 0.1) is 0 Å². The van der Waals surface area contributed by atoms with E-state index in [0.29, 0.717) is 11.8 Å². The minimum atomic E-state index is -0.314. The second kappa shape index (κ2) is 6.60. The van der Waals surface area contributed by atoms with Crippen molar-refractivity contribution in [2.75, 3.05) is 0 Å². The van der Waals surface area contributed by atoms with Crippen LogP contribution in [0.1, 0.15) is 71.6 Å². The van der Waals surface area contributed by atoms with Crippen molar-refractivity contribution in [1.29, 1.82) is 0 Å². The largest absolute Gasteiger partial charge is 0.458 e. The van der Waals surface area contributed by atoms with E-state index >= 15 is 0 Å². The van der Waals surface area contributed by atoms with Crippen molar-refractivity contribution in [3.8, 4) is 0 Å². The van der Waals surface area contributed by atoms with Gasteiger partial charge in [-0.15, -0.1) is 0 Å². The quantitative estimate of drug-likeness (QED) is 0.628. The molecule has 2 fully saturated rings. The highest BCUT2D eigenvalue weighted by molar-refractivity contribution is 5.98. The summed E-state index contributed by atoms with van der Waals surface area (Å²) < 4.78 is 11.7. The predicted molar refractivity (Wildman–Crippen MR) is 105 cm³/mol. The van der Waals surface area contributed by atoms with Crippen LogP contribution < -0.4 is 0 Å². The first kappa shape index (κ1) is 18.2. The third kappa shape index (κ3) is 2.29. The molecule has 4 aliphatic carbocycles. The van der Waals surface area contributed by atoms with Crippen LogP contribution >= 0.6 is 0 Å². The number of carbonyl (C=O) groups excluding carboxylic acids is 2. The molecule has 6 rings (SSSR count). The van der Waals surface area contributed by atoms with Crippen molar-refractivity contribution < 1.29 is 19.1 Å². The average Bonchev–Trinajstić information content (AvgIpc) is 3.19. The van der Waals surface area contributed by atoms with Gasteiger partial charge in [0.1, 0.15) is 11.9 Å². The summed E-state index contributed by atoms with van der Waals surface area (Å²) in [5, 5.41) is 0. The van der Waals surface area contributed by atoms with E-state index in [-0.39, 0.29) is 29.4 Å². The summed E-state index contributed by atoms with van der Waals surface area (Å²) in [6.45, 7) is 4.31. The second-order valence-corrected chi connectivity index (χ2v) is 9.18. The van der Waals surface area contributed by atoms with Crippen molar-refractivity contribution in [2.24, 2.45) is 23.2 Å². The van der Waals surface area contributed by atoms with Crippen LogP contribution in [0.4, 0.5) is 0 Å². The molecule has 0 amide bonds. The van der Waals surface area contributed by atoms with E-state index in [1.54, 1.807) is 0 Å². The Balaban J connectivity index is 1.63. The Kier molecular flexibility index (Phi) is 4.29. The number of esters is 2. The summed E-state index contributed by atoms with van der Waals surface area (Å²) in [7, 11) is 0. The highest BCUT2D eigenvalue weighted by Crippen LogP contribution is 2.67. The minimum absolute atomic E-state index is 0.0864. The Morgan fingerprint density at radius 1 is 1.18 bits per heavy atom. The molecule has 0 aromatic carbocycles. The Hall–Kier alpha value is -1.84. The van der Waals surface area contributed by atoms with Gasteiger partial charge < -0.3 is 9.47 Å². The number of unbranched alkanes of at least 4 members (excludes halogenated alkanes) is 2. The van der Waals surface area contributed by atoms with E-state index in [1.807, 2.05) is 0 Å². The summed E-state index contributed by atoms with van der Waals surface area (Å²) in [5.74, 6) is 1.41. The molecule has 1 unspecified atom stereocenters. The lowest BCUT2D eigenvalue weighted by Gasteiger charge is -2.55. The average molecular weight is 383 g/mol. The first-order valence-electron chi connectivity index (χ1n) is 11.2. The number of hydrogen-bond acceptors (Lipinski definition) is 4. The van der Waals surface area contributed by atoms with Gasteiger partial charge in [-0.05, 0) is 56.4 Å². The second-order valence-electron chi connectivity index (χ2n) is 9.18. The van der Waals surface area contributed by atoms with Crippen LogP contribution in [-0.2, 0) is 19.1 Å². The summed E-state index contributed by atoms with van der Waals surface area (Å²) >= 11 is 0. The van der Waals surface area contributed by atoms with Gasteiger partial charge in [-0.3, -0.25) is 0 Å². The monoisotopic (exact) mass is 382 g/mol. The molecule has 6 aliphatic rings. The Bertz CT molecular complexity index is 816. The zero-order valence-electron chi connectivity index (χ0n) is 17.0. The van der Waals surface area contributed by atoms with Crippen molar-refractivity contribution in [3.05, 3.63) is 34.6 Å². The number of fused-ring (bicyclic) bond motifs is 1. The van der Waals surface area contributed by atoms with Crippen molar-refractivity contribution >= 4 is 11.9 Å². The van der Waals surface area contributed by atoms with Gasteiger partial charge in [0, 0.05) is 28.1 Å². The van der Waals surface area contributed by atoms with Crippen LogP contribution in [0.15, 0.2) is 34.6 Å². The lowest BCUT2D eigenvalue weighted by molar-refractivity contribution is -0.141. The third-order valence-corrected chi connectivity index (χ3v) is 7.87. The maximum absolute atomic E-state index is 13.0.